The molecule has 21 heavy (non-hydrogen) atoms. The van der Waals surface area contributed by atoms with Crippen LogP contribution in [0.2, 0.25) is 0 Å². The van der Waals surface area contributed by atoms with Gasteiger partial charge in [-0.1, -0.05) is 18.2 Å². The summed E-state index contributed by atoms with van der Waals surface area (Å²) in [6, 6.07) is 8.81. The minimum absolute atomic E-state index is 0.0312. The first-order valence-electron chi connectivity index (χ1n) is 6.67. The fourth-order valence-corrected chi connectivity index (χ4v) is 2.67. The van der Waals surface area contributed by atoms with Gasteiger partial charge in [0.25, 0.3) is 0 Å². The summed E-state index contributed by atoms with van der Waals surface area (Å²) in [6.45, 7) is 0. The molecule has 2 atom stereocenters. The molecule has 1 heterocycles. The van der Waals surface area contributed by atoms with Crippen LogP contribution in [0.3, 0.4) is 0 Å². The van der Waals surface area contributed by atoms with Crippen LogP contribution in [0.1, 0.15) is 29.7 Å². The van der Waals surface area contributed by atoms with Crippen LogP contribution >= 0.6 is 0 Å². The Morgan fingerprint density at radius 1 is 1.00 bits per heavy atom. The van der Waals surface area contributed by atoms with E-state index in [4.69, 9.17) is 4.74 Å². The standard InChI is InChI=1S/C16H14F3NO/c1-20-14-8-16(21-15-5-3-2-4-9(14)15)10-6-12(18)13(19)7-11(10)17/h2-7,14,16,20H,8H2,1H3. The largest absolute Gasteiger partial charge is 0.485 e. The van der Waals surface area contributed by atoms with Gasteiger partial charge in [0.2, 0.25) is 0 Å². The first kappa shape index (κ1) is 13.9. The van der Waals surface area contributed by atoms with Crippen molar-refractivity contribution in [2.24, 2.45) is 0 Å². The molecule has 2 aromatic rings. The molecule has 110 valence electrons. The van der Waals surface area contributed by atoms with E-state index in [9.17, 15) is 13.2 Å². The van der Waals surface area contributed by atoms with Crippen LogP contribution in [0.25, 0.3) is 0 Å². The number of ether oxygens (including phenoxy) is 1. The van der Waals surface area contributed by atoms with Gasteiger partial charge in [-0.15, -0.1) is 0 Å². The summed E-state index contributed by atoms with van der Waals surface area (Å²) >= 11 is 0. The van der Waals surface area contributed by atoms with Crippen molar-refractivity contribution in [2.75, 3.05) is 7.05 Å². The molecular formula is C16H14F3NO. The maximum absolute atomic E-state index is 13.9. The number of rotatable bonds is 2. The second-order valence-corrected chi connectivity index (χ2v) is 5.01. The maximum Gasteiger partial charge on any atom is 0.161 e. The summed E-state index contributed by atoms with van der Waals surface area (Å²) in [5, 5.41) is 3.14. The number of halogens is 3. The van der Waals surface area contributed by atoms with Gasteiger partial charge < -0.3 is 10.1 Å². The van der Waals surface area contributed by atoms with Gasteiger partial charge in [-0.2, -0.15) is 0 Å². The number of para-hydroxylation sites is 1. The molecule has 0 fully saturated rings. The summed E-state index contributed by atoms with van der Waals surface area (Å²) in [5.74, 6) is -2.45. The third kappa shape index (κ3) is 2.49. The highest BCUT2D eigenvalue weighted by atomic mass is 19.2. The van der Waals surface area contributed by atoms with E-state index in [0.29, 0.717) is 18.2 Å². The zero-order valence-electron chi connectivity index (χ0n) is 11.4. The highest BCUT2D eigenvalue weighted by Gasteiger charge is 2.30. The summed E-state index contributed by atoms with van der Waals surface area (Å²) in [4.78, 5) is 0. The van der Waals surface area contributed by atoms with E-state index in [2.05, 4.69) is 5.32 Å². The summed E-state index contributed by atoms with van der Waals surface area (Å²) in [6.07, 6.45) is -0.220. The highest BCUT2D eigenvalue weighted by molar-refractivity contribution is 5.39. The lowest BCUT2D eigenvalue weighted by Gasteiger charge is -2.32. The summed E-state index contributed by atoms with van der Waals surface area (Å²) < 4.78 is 46.1. The molecule has 5 heteroatoms. The predicted molar refractivity (Wildman–Crippen MR) is 72.5 cm³/mol. The maximum atomic E-state index is 13.9. The van der Waals surface area contributed by atoms with Crippen molar-refractivity contribution in [1.29, 1.82) is 0 Å². The van der Waals surface area contributed by atoms with Crippen LogP contribution in [0.5, 0.6) is 5.75 Å². The Morgan fingerprint density at radius 2 is 1.71 bits per heavy atom. The Balaban J connectivity index is 2.00. The normalized spacial score (nSPS) is 20.8. The van der Waals surface area contributed by atoms with Crippen LogP contribution in [0.15, 0.2) is 36.4 Å². The monoisotopic (exact) mass is 293 g/mol. The molecule has 0 saturated heterocycles. The van der Waals surface area contributed by atoms with Gasteiger partial charge in [0, 0.05) is 29.7 Å². The van der Waals surface area contributed by atoms with E-state index in [-0.39, 0.29) is 11.6 Å². The van der Waals surface area contributed by atoms with Gasteiger partial charge in [-0.3, -0.25) is 0 Å². The lowest BCUT2D eigenvalue weighted by atomic mass is 9.93. The lowest BCUT2D eigenvalue weighted by molar-refractivity contribution is 0.149. The zero-order valence-corrected chi connectivity index (χ0v) is 11.4. The van der Waals surface area contributed by atoms with Crippen molar-refractivity contribution in [3.8, 4) is 5.75 Å². The van der Waals surface area contributed by atoms with Crippen molar-refractivity contribution in [3.05, 3.63) is 65.0 Å². The van der Waals surface area contributed by atoms with Crippen LogP contribution in [0, 0.1) is 17.5 Å². The molecule has 2 nitrogen and oxygen atoms in total. The smallest absolute Gasteiger partial charge is 0.161 e. The van der Waals surface area contributed by atoms with E-state index in [0.717, 1.165) is 11.6 Å². The Kier molecular flexibility index (Phi) is 3.59. The molecule has 0 spiro atoms. The number of hydrogen-bond donors (Lipinski definition) is 1. The van der Waals surface area contributed by atoms with Gasteiger partial charge in [0.05, 0.1) is 0 Å². The molecule has 1 N–H and O–H groups in total. The molecule has 0 amide bonds. The Morgan fingerprint density at radius 3 is 2.48 bits per heavy atom. The average molecular weight is 293 g/mol. The second-order valence-electron chi connectivity index (χ2n) is 5.01. The Bertz CT molecular complexity index is 675. The first-order chi connectivity index (χ1) is 10.1. The summed E-state index contributed by atoms with van der Waals surface area (Å²) in [5.41, 5.74) is 1.00. The van der Waals surface area contributed by atoms with Gasteiger partial charge in [-0.05, 0) is 19.2 Å². The predicted octanol–water partition coefficient (Wildman–Crippen LogP) is 3.89. The molecular weight excluding hydrogens is 279 g/mol. The molecule has 3 rings (SSSR count). The SMILES string of the molecule is CNC1CC(c2cc(F)c(F)cc2F)Oc2ccccc21. The number of nitrogens with one attached hydrogen (secondary N) is 1. The zero-order chi connectivity index (χ0) is 15.0. The minimum atomic E-state index is -1.20. The van der Waals surface area contributed by atoms with Crippen molar-refractivity contribution in [1.82, 2.24) is 5.32 Å². The molecule has 2 aromatic carbocycles. The minimum Gasteiger partial charge on any atom is -0.485 e. The summed E-state index contributed by atoms with van der Waals surface area (Å²) in [7, 11) is 1.80. The third-order valence-corrected chi connectivity index (χ3v) is 3.75. The molecule has 0 saturated carbocycles. The number of fused-ring (bicyclic) bond motifs is 1. The number of benzene rings is 2. The Labute approximate surface area is 120 Å². The van der Waals surface area contributed by atoms with Crippen LogP contribution in [0.4, 0.5) is 13.2 Å². The Hall–Kier alpha value is -2.01. The van der Waals surface area contributed by atoms with Crippen molar-refractivity contribution >= 4 is 0 Å². The topological polar surface area (TPSA) is 21.3 Å². The van der Waals surface area contributed by atoms with E-state index in [1.54, 1.807) is 13.1 Å². The number of hydrogen-bond acceptors (Lipinski definition) is 2. The van der Waals surface area contributed by atoms with Crippen LogP contribution < -0.4 is 10.1 Å². The van der Waals surface area contributed by atoms with E-state index in [1.165, 1.54) is 0 Å². The van der Waals surface area contributed by atoms with Gasteiger partial charge in [0.15, 0.2) is 11.6 Å². The van der Waals surface area contributed by atoms with Crippen molar-refractivity contribution in [3.63, 3.8) is 0 Å². The molecule has 1 aliphatic rings. The fourth-order valence-electron chi connectivity index (χ4n) is 2.67. The lowest BCUT2D eigenvalue weighted by Crippen LogP contribution is -2.27. The molecule has 0 aromatic heterocycles. The second kappa shape index (κ2) is 5.41. The molecule has 0 bridgehead atoms. The fraction of sp³-hybridized carbons (Fsp3) is 0.250. The molecule has 0 aliphatic carbocycles. The third-order valence-electron chi connectivity index (χ3n) is 3.75. The van der Waals surface area contributed by atoms with Crippen LogP contribution in [-0.2, 0) is 0 Å². The molecule has 2 unspecified atom stereocenters. The van der Waals surface area contributed by atoms with Gasteiger partial charge >= 0.3 is 0 Å². The van der Waals surface area contributed by atoms with Crippen molar-refractivity contribution < 1.29 is 17.9 Å². The molecule has 1 aliphatic heterocycles. The van der Waals surface area contributed by atoms with E-state index in [1.807, 2.05) is 18.2 Å². The van der Waals surface area contributed by atoms with Crippen LogP contribution in [-0.4, -0.2) is 7.05 Å². The first-order valence-corrected chi connectivity index (χ1v) is 6.67. The van der Waals surface area contributed by atoms with Crippen molar-refractivity contribution in [2.45, 2.75) is 18.6 Å². The van der Waals surface area contributed by atoms with Gasteiger partial charge in [0.1, 0.15) is 17.7 Å². The van der Waals surface area contributed by atoms with E-state index < -0.39 is 23.6 Å². The van der Waals surface area contributed by atoms with E-state index >= 15 is 0 Å². The van der Waals surface area contributed by atoms with Gasteiger partial charge in [-0.25, -0.2) is 13.2 Å². The quantitative estimate of drug-likeness (QED) is 0.848. The average Bonchev–Trinajstić information content (AvgIpc) is 2.49. The highest BCUT2D eigenvalue weighted by Crippen LogP contribution is 2.41. The molecule has 0 radical (unpaired) electrons.